The van der Waals surface area contributed by atoms with Gasteiger partial charge in [-0.05, 0) is 25.5 Å². The third-order valence-electron chi connectivity index (χ3n) is 3.90. The van der Waals surface area contributed by atoms with Crippen LogP contribution in [0.5, 0.6) is 0 Å². The van der Waals surface area contributed by atoms with E-state index in [1.54, 1.807) is 6.07 Å². The van der Waals surface area contributed by atoms with Gasteiger partial charge in [0.1, 0.15) is 17.5 Å². The number of nitrogens with one attached hydrogen (secondary N) is 1. The van der Waals surface area contributed by atoms with Crippen molar-refractivity contribution < 1.29 is 9.18 Å². The zero-order chi connectivity index (χ0) is 15.7. The molecule has 0 unspecified atom stereocenters. The van der Waals surface area contributed by atoms with Crippen molar-refractivity contribution in [3.63, 3.8) is 0 Å². The van der Waals surface area contributed by atoms with Crippen LogP contribution in [0.4, 0.5) is 4.39 Å². The Labute approximate surface area is 132 Å². The summed E-state index contributed by atoms with van der Waals surface area (Å²) in [5.41, 5.74) is 0.235. The molecule has 1 aromatic carbocycles. The average Bonchev–Trinajstić information content (AvgIpc) is 2.84. The Morgan fingerprint density at radius 1 is 1.50 bits per heavy atom. The van der Waals surface area contributed by atoms with Crippen molar-refractivity contribution in [2.75, 3.05) is 0 Å². The fourth-order valence-electron chi connectivity index (χ4n) is 2.72. The van der Waals surface area contributed by atoms with Crippen molar-refractivity contribution in [2.45, 2.75) is 38.8 Å². The van der Waals surface area contributed by atoms with Gasteiger partial charge in [0.05, 0.1) is 6.42 Å². The second-order valence-corrected chi connectivity index (χ2v) is 5.86. The molecule has 0 fully saturated rings. The van der Waals surface area contributed by atoms with Gasteiger partial charge in [-0.2, -0.15) is 0 Å². The molecule has 2 heterocycles. The molecule has 1 amide bonds. The molecule has 0 radical (unpaired) electrons. The first-order valence-corrected chi connectivity index (χ1v) is 7.53. The predicted molar refractivity (Wildman–Crippen MR) is 80.1 cm³/mol. The highest BCUT2D eigenvalue weighted by atomic mass is 35.5. The number of aromatic nitrogens is 3. The van der Waals surface area contributed by atoms with Crippen LogP contribution in [0.15, 0.2) is 18.2 Å². The summed E-state index contributed by atoms with van der Waals surface area (Å²) in [6.45, 7) is 2.53. The number of rotatable bonds is 3. The van der Waals surface area contributed by atoms with Crippen LogP contribution in [-0.4, -0.2) is 26.7 Å². The predicted octanol–water partition coefficient (Wildman–Crippen LogP) is 2.05. The number of hydrogen-bond acceptors (Lipinski definition) is 3. The SMILES string of the molecule is Cc1nnc2n1C[C@H](NC(=O)Cc1c(F)cccc1Cl)CC2. The van der Waals surface area contributed by atoms with Crippen LogP contribution < -0.4 is 5.32 Å². The normalized spacial score (nSPS) is 17.1. The summed E-state index contributed by atoms with van der Waals surface area (Å²) in [6, 6.07) is 4.42. The van der Waals surface area contributed by atoms with E-state index in [1.807, 2.05) is 11.5 Å². The van der Waals surface area contributed by atoms with Crippen molar-refractivity contribution >= 4 is 17.5 Å². The van der Waals surface area contributed by atoms with Gasteiger partial charge < -0.3 is 9.88 Å². The topological polar surface area (TPSA) is 59.8 Å². The number of fused-ring (bicyclic) bond motifs is 1. The average molecular weight is 323 g/mol. The lowest BCUT2D eigenvalue weighted by atomic mass is 10.1. The van der Waals surface area contributed by atoms with Crippen LogP contribution in [0.2, 0.25) is 5.02 Å². The van der Waals surface area contributed by atoms with E-state index in [4.69, 9.17) is 11.6 Å². The molecular weight excluding hydrogens is 307 g/mol. The number of halogens is 2. The van der Waals surface area contributed by atoms with E-state index in [9.17, 15) is 9.18 Å². The largest absolute Gasteiger partial charge is 0.351 e. The quantitative estimate of drug-likeness (QED) is 0.941. The van der Waals surface area contributed by atoms with Gasteiger partial charge in [-0.25, -0.2) is 4.39 Å². The summed E-state index contributed by atoms with van der Waals surface area (Å²) >= 11 is 5.95. The van der Waals surface area contributed by atoms with E-state index >= 15 is 0 Å². The van der Waals surface area contributed by atoms with Crippen molar-refractivity contribution in [3.8, 4) is 0 Å². The molecule has 3 rings (SSSR count). The fourth-order valence-corrected chi connectivity index (χ4v) is 2.95. The third-order valence-corrected chi connectivity index (χ3v) is 4.25. The second-order valence-electron chi connectivity index (χ2n) is 5.45. The first-order valence-electron chi connectivity index (χ1n) is 7.15. The Morgan fingerprint density at radius 3 is 3.09 bits per heavy atom. The Kier molecular flexibility index (Phi) is 4.11. The molecule has 0 saturated heterocycles. The van der Waals surface area contributed by atoms with Crippen LogP contribution in [0.3, 0.4) is 0 Å². The van der Waals surface area contributed by atoms with Crippen LogP contribution in [0.1, 0.15) is 23.6 Å². The van der Waals surface area contributed by atoms with Gasteiger partial charge in [0.2, 0.25) is 5.91 Å². The Morgan fingerprint density at radius 2 is 2.32 bits per heavy atom. The second kappa shape index (κ2) is 6.04. The van der Waals surface area contributed by atoms with Gasteiger partial charge in [-0.15, -0.1) is 10.2 Å². The Hall–Kier alpha value is -1.95. The van der Waals surface area contributed by atoms with E-state index in [0.29, 0.717) is 6.54 Å². The number of aryl methyl sites for hydroxylation is 2. The molecular formula is C15H16ClFN4O. The van der Waals surface area contributed by atoms with Gasteiger partial charge >= 0.3 is 0 Å². The van der Waals surface area contributed by atoms with Crippen molar-refractivity contribution in [3.05, 3.63) is 46.3 Å². The lowest BCUT2D eigenvalue weighted by Crippen LogP contribution is -2.42. The maximum absolute atomic E-state index is 13.7. The third kappa shape index (κ3) is 2.97. The first-order chi connectivity index (χ1) is 10.5. The maximum atomic E-state index is 13.7. The van der Waals surface area contributed by atoms with Gasteiger partial charge in [0.15, 0.2) is 0 Å². The Balaban J connectivity index is 1.65. The molecule has 1 aromatic heterocycles. The lowest BCUT2D eigenvalue weighted by Gasteiger charge is -2.25. The van der Waals surface area contributed by atoms with Gasteiger partial charge in [-0.3, -0.25) is 4.79 Å². The number of carbonyl (C=O) groups excluding carboxylic acids is 1. The smallest absolute Gasteiger partial charge is 0.224 e. The van der Waals surface area contributed by atoms with Gasteiger partial charge in [0.25, 0.3) is 0 Å². The number of carbonyl (C=O) groups is 1. The molecule has 116 valence electrons. The molecule has 0 bridgehead atoms. The molecule has 0 aliphatic carbocycles. The highest BCUT2D eigenvalue weighted by Crippen LogP contribution is 2.20. The molecule has 0 spiro atoms. The van der Waals surface area contributed by atoms with Gasteiger partial charge in [-0.1, -0.05) is 17.7 Å². The molecule has 7 heteroatoms. The van der Waals surface area contributed by atoms with Crippen molar-refractivity contribution in [2.24, 2.45) is 0 Å². The number of nitrogens with zero attached hydrogens (tertiary/aromatic N) is 3. The summed E-state index contributed by atoms with van der Waals surface area (Å²) in [7, 11) is 0. The number of hydrogen-bond donors (Lipinski definition) is 1. The summed E-state index contributed by atoms with van der Waals surface area (Å²) in [5, 5.41) is 11.3. The van der Waals surface area contributed by atoms with Crippen molar-refractivity contribution in [1.82, 2.24) is 20.1 Å². The first kappa shape index (κ1) is 15.0. The molecule has 1 N–H and O–H groups in total. The minimum Gasteiger partial charge on any atom is -0.351 e. The minimum absolute atomic E-state index is 0.000231. The summed E-state index contributed by atoms with van der Waals surface area (Å²) < 4.78 is 15.7. The summed E-state index contributed by atoms with van der Waals surface area (Å²) in [6.07, 6.45) is 1.51. The van der Waals surface area contributed by atoms with E-state index in [2.05, 4.69) is 15.5 Å². The standard InChI is InChI=1S/C15H16ClFN4O/c1-9-19-20-14-6-5-10(8-21(9)14)18-15(22)7-11-12(16)3-2-4-13(11)17/h2-4,10H,5-8H2,1H3,(H,18,22)/t10-/m1/s1. The molecule has 0 saturated carbocycles. The van der Waals surface area contributed by atoms with Crippen LogP contribution in [-0.2, 0) is 24.2 Å². The van der Waals surface area contributed by atoms with Crippen molar-refractivity contribution in [1.29, 1.82) is 0 Å². The molecule has 1 atom stereocenters. The molecule has 22 heavy (non-hydrogen) atoms. The summed E-state index contributed by atoms with van der Waals surface area (Å²) in [5.74, 6) is 1.10. The van der Waals surface area contributed by atoms with E-state index < -0.39 is 5.82 Å². The zero-order valence-electron chi connectivity index (χ0n) is 12.1. The van der Waals surface area contributed by atoms with Gasteiger partial charge in [0, 0.05) is 29.6 Å². The Bertz CT molecular complexity index is 695. The lowest BCUT2D eigenvalue weighted by molar-refractivity contribution is -0.121. The zero-order valence-corrected chi connectivity index (χ0v) is 12.9. The van der Waals surface area contributed by atoms with Crippen LogP contribution in [0.25, 0.3) is 0 Å². The highest BCUT2D eigenvalue weighted by Gasteiger charge is 2.23. The number of amides is 1. The minimum atomic E-state index is -0.455. The highest BCUT2D eigenvalue weighted by molar-refractivity contribution is 6.31. The molecule has 1 aliphatic heterocycles. The fraction of sp³-hybridized carbons (Fsp3) is 0.400. The molecule has 2 aromatic rings. The maximum Gasteiger partial charge on any atom is 0.224 e. The van der Waals surface area contributed by atoms with E-state index in [0.717, 1.165) is 24.5 Å². The summed E-state index contributed by atoms with van der Waals surface area (Å²) in [4.78, 5) is 12.1. The molecule has 1 aliphatic rings. The van der Waals surface area contributed by atoms with Crippen LogP contribution in [0, 0.1) is 12.7 Å². The van der Waals surface area contributed by atoms with E-state index in [1.165, 1.54) is 12.1 Å². The monoisotopic (exact) mass is 322 g/mol. The number of benzene rings is 1. The van der Waals surface area contributed by atoms with Crippen LogP contribution >= 0.6 is 11.6 Å². The molecule has 5 nitrogen and oxygen atoms in total. The van der Waals surface area contributed by atoms with E-state index in [-0.39, 0.29) is 29.0 Å².